The van der Waals surface area contributed by atoms with Gasteiger partial charge in [-0.1, -0.05) is 18.2 Å². The van der Waals surface area contributed by atoms with Gasteiger partial charge < -0.3 is 20.7 Å². The Morgan fingerprint density at radius 1 is 1.33 bits per heavy atom. The van der Waals surface area contributed by atoms with Gasteiger partial charge in [0.2, 0.25) is 5.91 Å². The van der Waals surface area contributed by atoms with Crippen LogP contribution in [-0.2, 0) is 4.79 Å². The molecule has 2 heterocycles. The molecule has 1 saturated carbocycles. The average molecular weight is 329 g/mol. The number of carbonyl (C=O) groups excluding carboxylic acids is 1. The van der Waals surface area contributed by atoms with Gasteiger partial charge in [-0.05, 0) is 25.8 Å². The van der Waals surface area contributed by atoms with Crippen LogP contribution < -0.4 is 15.8 Å². The van der Waals surface area contributed by atoms with Gasteiger partial charge in [0.1, 0.15) is 11.4 Å². The first-order valence-electron chi connectivity index (χ1n) is 9.15. The normalized spacial score (nSPS) is 26.6. The van der Waals surface area contributed by atoms with Crippen LogP contribution in [0.4, 0.5) is 0 Å². The topological polar surface area (TPSA) is 67.6 Å². The summed E-state index contributed by atoms with van der Waals surface area (Å²) in [5.41, 5.74) is 7.28. The first kappa shape index (κ1) is 15.9. The molecule has 24 heavy (non-hydrogen) atoms. The van der Waals surface area contributed by atoms with E-state index in [4.69, 9.17) is 10.5 Å². The van der Waals surface area contributed by atoms with Crippen molar-refractivity contribution in [3.63, 3.8) is 0 Å². The van der Waals surface area contributed by atoms with Gasteiger partial charge >= 0.3 is 0 Å². The first-order chi connectivity index (χ1) is 11.6. The van der Waals surface area contributed by atoms with E-state index in [0.29, 0.717) is 6.04 Å². The maximum absolute atomic E-state index is 12.6. The third-order valence-electron chi connectivity index (χ3n) is 5.66. The second kappa shape index (κ2) is 6.05. The van der Waals surface area contributed by atoms with Crippen LogP contribution in [0, 0.1) is 0 Å². The molecule has 1 aliphatic carbocycles. The van der Waals surface area contributed by atoms with Gasteiger partial charge in [0.15, 0.2) is 0 Å². The summed E-state index contributed by atoms with van der Waals surface area (Å²) >= 11 is 0. The number of rotatable bonds is 3. The van der Waals surface area contributed by atoms with Crippen molar-refractivity contribution in [1.29, 1.82) is 0 Å². The van der Waals surface area contributed by atoms with Crippen molar-refractivity contribution in [3.8, 4) is 5.75 Å². The van der Waals surface area contributed by atoms with E-state index in [0.717, 1.165) is 43.7 Å². The smallest absolute Gasteiger partial charge is 0.239 e. The van der Waals surface area contributed by atoms with Crippen LogP contribution in [0.1, 0.15) is 50.6 Å². The lowest BCUT2D eigenvalue weighted by Gasteiger charge is -2.46. The summed E-state index contributed by atoms with van der Waals surface area (Å²) in [7, 11) is 0. The number of nitrogens with zero attached hydrogens (tertiary/aromatic N) is 1. The summed E-state index contributed by atoms with van der Waals surface area (Å²) in [6, 6.07) is 8.56. The number of ether oxygens (including phenoxy) is 1. The van der Waals surface area contributed by atoms with Crippen LogP contribution in [0.3, 0.4) is 0 Å². The standard InChI is InChI=1S/C19H27N3O2/c1-13(21-14-6-7-14)18(23)22-10-8-19(9-11-22)12-16(20)15-4-2-3-5-17(15)24-19/h2-5,13-14,16,21H,6-12,20H2,1H3. The van der Waals surface area contributed by atoms with Crippen molar-refractivity contribution in [1.82, 2.24) is 10.2 Å². The second-order valence-electron chi connectivity index (χ2n) is 7.62. The van der Waals surface area contributed by atoms with Crippen molar-refractivity contribution in [2.45, 2.75) is 62.8 Å². The Morgan fingerprint density at radius 3 is 2.75 bits per heavy atom. The number of piperidine rings is 1. The number of likely N-dealkylation sites (tertiary alicyclic amines) is 1. The number of nitrogens with two attached hydrogens (primary N) is 1. The summed E-state index contributed by atoms with van der Waals surface area (Å²) in [6.07, 6.45) is 4.95. The van der Waals surface area contributed by atoms with Crippen molar-refractivity contribution in [2.24, 2.45) is 5.73 Å². The molecule has 4 rings (SSSR count). The summed E-state index contributed by atoms with van der Waals surface area (Å²) in [5, 5.41) is 3.40. The fourth-order valence-electron chi connectivity index (χ4n) is 4.05. The van der Waals surface area contributed by atoms with E-state index in [1.54, 1.807) is 0 Å². The zero-order valence-corrected chi connectivity index (χ0v) is 14.3. The number of carbonyl (C=O) groups is 1. The van der Waals surface area contributed by atoms with E-state index in [1.807, 2.05) is 30.0 Å². The van der Waals surface area contributed by atoms with Crippen molar-refractivity contribution in [2.75, 3.05) is 13.1 Å². The van der Waals surface area contributed by atoms with Gasteiger partial charge in [-0.25, -0.2) is 0 Å². The molecule has 5 heteroatoms. The van der Waals surface area contributed by atoms with Crippen LogP contribution in [0.5, 0.6) is 5.75 Å². The van der Waals surface area contributed by atoms with E-state index in [2.05, 4.69) is 11.4 Å². The van der Waals surface area contributed by atoms with Gasteiger partial charge in [-0.15, -0.1) is 0 Å². The lowest BCUT2D eigenvalue weighted by Crippen LogP contribution is -2.55. The predicted octanol–water partition coefficient (Wildman–Crippen LogP) is 1.97. The minimum Gasteiger partial charge on any atom is -0.487 e. The molecule has 2 atom stereocenters. The molecular weight excluding hydrogens is 302 g/mol. The summed E-state index contributed by atoms with van der Waals surface area (Å²) in [5.74, 6) is 1.14. The molecule has 1 saturated heterocycles. The van der Waals surface area contributed by atoms with E-state index in [-0.39, 0.29) is 23.6 Å². The quantitative estimate of drug-likeness (QED) is 0.890. The Kier molecular flexibility index (Phi) is 4.01. The average Bonchev–Trinajstić information content (AvgIpc) is 3.39. The Hall–Kier alpha value is -1.59. The molecule has 1 aromatic rings. The Balaban J connectivity index is 1.40. The fraction of sp³-hybridized carbons (Fsp3) is 0.632. The van der Waals surface area contributed by atoms with Gasteiger partial charge in [-0.2, -0.15) is 0 Å². The van der Waals surface area contributed by atoms with E-state index < -0.39 is 0 Å². The van der Waals surface area contributed by atoms with E-state index in [9.17, 15) is 4.79 Å². The molecule has 2 unspecified atom stereocenters. The molecule has 5 nitrogen and oxygen atoms in total. The molecule has 1 amide bonds. The molecule has 2 aliphatic heterocycles. The Bertz CT molecular complexity index is 621. The lowest BCUT2D eigenvalue weighted by molar-refractivity contribution is -0.137. The van der Waals surface area contributed by atoms with Crippen LogP contribution in [-0.4, -0.2) is 41.6 Å². The van der Waals surface area contributed by atoms with Gasteiger partial charge in [-0.3, -0.25) is 4.79 Å². The number of hydrogen-bond donors (Lipinski definition) is 2. The van der Waals surface area contributed by atoms with Gasteiger partial charge in [0.05, 0.1) is 6.04 Å². The maximum Gasteiger partial charge on any atom is 0.239 e. The second-order valence-corrected chi connectivity index (χ2v) is 7.62. The number of hydrogen-bond acceptors (Lipinski definition) is 4. The molecule has 2 fully saturated rings. The zero-order chi connectivity index (χ0) is 16.7. The highest BCUT2D eigenvalue weighted by atomic mass is 16.5. The predicted molar refractivity (Wildman–Crippen MR) is 92.8 cm³/mol. The lowest BCUT2D eigenvalue weighted by atomic mass is 9.81. The molecule has 1 spiro atoms. The summed E-state index contributed by atoms with van der Waals surface area (Å²) in [6.45, 7) is 3.49. The van der Waals surface area contributed by atoms with Crippen molar-refractivity contribution >= 4 is 5.91 Å². The molecule has 3 N–H and O–H groups in total. The zero-order valence-electron chi connectivity index (χ0n) is 14.3. The highest BCUT2D eigenvalue weighted by molar-refractivity contribution is 5.81. The van der Waals surface area contributed by atoms with E-state index in [1.165, 1.54) is 12.8 Å². The third-order valence-corrected chi connectivity index (χ3v) is 5.66. The van der Waals surface area contributed by atoms with Crippen LogP contribution in [0.2, 0.25) is 0 Å². The first-order valence-corrected chi connectivity index (χ1v) is 9.15. The molecule has 1 aromatic carbocycles. The third kappa shape index (κ3) is 3.03. The Morgan fingerprint density at radius 2 is 2.04 bits per heavy atom. The molecule has 0 radical (unpaired) electrons. The highest BCUT2D eigenvalue weighted by Gasteiger charge is 2.43. The van der Waals surface area contributed by atoms with Crippen LogP contribution in [0.15, 0.2) is 24.3 Å². The summed E-state index contributed by atoms with van der Waals surface area (Å²) < 4.78 is 6.36. The fourth-order valence-corrected chi connectivity index (χ4v) is 4.05. The highest BCUT2D eigenvalue weighted by Crippen LogP contribution is 2.43. The molecule has 0 bridgehead atoms. The summed E-state index contributed by atoms with van der Waals surface area (Å²) in [4.78, 5) is 14.6. The number of para-hydroxylation sites is 1. The van der Waals surface area contributed by atoms with Crippen molar-refractivity contribution < 1.29 is 9.53 Å². The minimum atomic E-state index is -0.211. The number of amides is 1. The largest absolute Gasteiger partial charge is 0.487 e. The van der Waals surface area contributed by atoms with Crippen LogP contribution in [0.25, 0.3) is 0 Å². The van der Waals surface area contributed by atoms with Gasteiger partial charge in [0, 0.05) is 50.0 Å². The molecule has 3 aliphatic rings. The monoisotopic (exact) mass is 329 g/mol. The molecule has 130 valence electrons. The maximum atomic E-state index is 12.6. The minimum absolute atomic E-state index is 0.0210. The molecule has 0 aromatic heterocycles. The number of benzene rings is 1. The Labute approximate surface area is 143 Å². The van der Waals surface area contributed by atoms with Crippen LogP contribution >= 0.6 is 0 Å². The number of fused-ring (bicyclic) bond motifs is 1. The molecular formula is C19H27N3O2. The number of nitrogens with one attached hydrogen (secondary N) is 1. The SMILES string of the molecule is CC(NC1CC1)C(=O)N1CCC2(CC1)CC(N)c1ccccc1O2. The van der Waals surface area contributed by atoms with Crippen molar-refractivity contribution in [3.05, 3.63) is 29.8 Å². The van der Waals surface area contributed by atoms with Gasteiger partial charge in [0.25, 0.3) is 0 Å². The van der Waals surface area contributed by atoms with E-state index >= 15 is 0 Å².